The third-order valence-corrected chi connectivity index (χ3v) is 5.09. The minimum Gasteiger partial charge on any atom is -0.337 e. The van der Waals surface area contributed by atoms with Gasteiger partial charge in [-0.15, -0.1) is 11.3 Å². The number of nitrogens with zero attached hydrogens (tertiary/aromatic N) is 5. The minimum atomic E-state index is -0.203. The van der Waals surface area contributed by atoms with Crippen LogP contribution in [-0.4, -0.2) is 37.9 Å². The second-order valence-electron chi connectivity index (χ2n) is 6.15. The van der Waals surface area contributed by atoms with Crippen LogP contribution in [0.15, 0.2) is 22.0 Å². The molecular weight excluding hydrogens is 352 g/mol. The average molecular weight is 374 g/mol. The summed E-state index contributed by atoms with van der Waals surface area (Å²) in [5, 5.41) is 13.1. The lowest BCUT2D eigenvalue weighted by molar-refractivity contribution is 0.204. The minimum absolute atomic E-state index is 0.200. The molecule has 3 heterocycles. The normalized spacial score (nSPS) is 10.9. The Balaban J connectivity index is 1.52. The lowest BCUT2D eigenvalue weighted by Crippen LogP contribution is -2.36. The fourth-order valence-corrected chi connectivity index (χ4v) is 3.35. The Labute approximate surface area is 155 Å². The molecule has 0 atom stereocenters. The molecule has 3 rings (SSSR count). The number of rotatable bonds is 6. The molecule has 9 heteroatoms. The number of aryl methyl sites for hydroxylation is 2. The number of urea groups is 1. The summed E-state index contributed by atoms with van der Waals surface area (Å²) >= 11 is 1.65. The molecule has 1 N–H and O–H groups in total. The highest BCUT2D eigenvalue weighted by Gasteiger charge is 2.16. The van der Waals surface area contributed by atoms with E-state index >= 15 is 0 Å². The summed E-state index contributed by atoms with van der Waals surface area (Å²) in [6.45, 7) is 4.63. The molecule has 26 heavy (non-hydrogen) atoms. The Bertz CT molecular complexity index is 883. The van der Waals surface area contributed by atoms with Gasteiger partial charge in [0.1, 0.15) is 0 Å². The van der Waals surface area contributed by atoms with Crippen LogP contribution in [0.4, 0.5) is 4.79 Å². The lowest BCUT2D eigenvalue weighted by Gasteiger charge is -2.17. The van der Waals surface area contributed by atoms with Gasteiger partial charge in [-0.1, -0.05) is 11.2 Å². The van der Waals surface area contributed by atoms with Gasteiger partial charge in [-0.3, -0.25) is 4.68 Å². The van der Waals surface area contributed by atoms with Crippen molar-refractivity contribution in [1.29, 1.82) is 0 Å². The number of thiophene rings is 1. The maximum Gasteiger partial charge on any atom is 0.317 e. The van der Waals surface area contributed by atoms with Crippen LogP contribution in [0.1, 0.15) is 33.5 Å². The van der Waals surface area contributed by atoms with Gasteiger partial charge >= 0.3 is 6.03 Å². The molecule has 0 aliphatic carbocycles. The first-order valence-electron chi connectivity index (χ1n) is 8.26. The van der Waals surface area contributed by atoms with E-state index in [1.54, 1.807) is 23.3 Å². The van der Waals surface area contributed by atoms with Crippen molar-refractivity contribution in [1.82, 2.24) is 30.1 Å². The predicted molar refractivity (Wildman–Crippen MR) is 97.8 cm³/mol. The van der Waals surface area contributed by atoms with Crippen LogP contribution in [0, 0.1) is 13.8 Å². The quantitative estimate of drug-likeness (QED) is 0.716. The van der Waals surface area contributed by atoms with Crippen LogP contribution in [-0.2, 0) is 26.6 Å². The van der Waals surface area contributed by atoms with E-state index in [9.17, 15) is 4.79 Å². The Morgan fingerprint density at radius 1 is 1.42 bits per heavy atom. The molecule has 0 radical (unpaired) electrons. The van der Waals surface area contributed by atoms with E-state index in [-0.39, 0.29) is 12.6 Å². The SMILES string of the molecule is Cc1nn(C)c(C)c1CN(C)C(=O)NCc1nc(Cc2cccs2)no1. The molecule has 0 saturated heterocycles. The molecule has 0 spiro atoms. The van der Waals surface area contributed by atoms with Crippen molar-refractivity contribution >= 4 is 17.4 Å². The van der Waals surface area contributed by atoms with E-state index in [1.807, 2.05) is 43.1 Å². The first-order valence-corrected chi connectivity index (χ1v) is 9.14. The molecule has 0 aliphatic rings. The first-order chi connectivity index (χ1) is 12.4. The van der Waals surface area contributed by atoms with Crippen molar-refractivity contribution in [2.75, 3.05) is 7.05 Å². The molecular formula is C17H22N6O2S. The zero-order valence-electron chi connectivity index (χ0n) is 15.3. The summed E-state index contributed by atoms with van der Waals surface area (Å²) in [6.07, 6.45) is 0.634. The highest BCUT2D eigenvalue weighted by molar-refractivity contribution is 7.09. The van der Waals surface area contributed by atoms with Crippen LogP contribution >= 0.6 is 11.3 Å². The van der Waals surface area contributed by atoms with Crippen LogP contribution in [0.25, 0.3) is 0 Å². The maximum absolute atomic E-state index is 12.3. The Kier molecular flexibility index (Phi) is 5.36. The predicted octanol–water partition coefficient (Wildman–Crippen LogP) is 2.41. The topological polar surface area (TPSA) is 89.1 Å². The smallest absolute Gasteiger partial charge is 0.317 e. The van der Waals surface area contributed by atoms with E-state index in [2.05, 4.69) is 20.6 Å². The number of carbonyl (C=O) groups excluding carboxylic acids is 1. The molecule has 3 aromatic rings. The van der Waals surface area contributed by atoms with Crippen molar-refractivity contribution in [3.63, 3.8) is 0 Å². The Morgan fingerprint density at radius 3 is 2.88 bits per heavy atom. The van der Waals surface area contributed by atoms with Gasteiger partial charge in [0, 0.05) is 36.7 Å². The van der Waals surface area contributed by atoms with Gasteiger partial charge in [-0.2, -0.15) is 10.1 Å². The zero-order chi connectivity index (χ0) is 18.7. The molecule has 3 aromatic heterocycles. The lowest BCUT2D eigenvalue weighted by atomic mass is 10.2. The van der Waals surface area contributed by atoms with Gasteiger partial charge in [-0.05, 0) is 25.3 Å². The molecule has 138 valence electrons. The van der Waals surface area contributed by atoms with Crippen molar-refractivity contribution in [3.05, 3.63) is 51.1 Å². The number of aromatic nitrogens is 4. The monoisotopic (exact) mass is 374 g/mol. The first kappa shape index (κ1) is 18.1. The Hall–Kier alpha value is -2.68. The summed E-state index contributed by atoms with van der Waals surface area (Å²) in [5.74, 6) is 1.01. The van der Waals surface area contributed by atoms with Gasteiger partial charge in [-0.25, -0.2) is 4.79 Å². The number of hydrogen-bond acceptors (Lipinski definition) is 6. The standard InChI is InChI=1S/C17H22N6O2S/c1-11-14(12(2)23(4)20-11)10-22(3)17(24)18-9-16-19-15(21-25-16)8-13-6-5-7-26-13/h5-7H,8-10H2,1-4H3,(H,18,24). The second kappa shape index (κ2) is 7.69. The van der Waals surface area contributed by atoms with Crippen LogP contribution in [0.5, 0.6) is 0 Å². The summed E-state index contributed by atoms with van der Waals surface area (Å²) in [4.78, 5) is 19.4. The van der Waals surface area contributed by atoms with Crippen molar-refractivity contribution in [2.45, 2.75) is 33.4 Å². The molecule has 0 aliphatic heterocycles. The fourth-order valence-electron chi connectivity index (χ4n) is 2.64. The molecule has 0 saturated carbocycles. The largest absolute Gasteiger partial charge is 0.337 e. The number of carbonyl (C=O) groups is 1. The molecule has 8 nitrogen and oxygen atoms in total. The van der Waals surface area contributed by atoms with Crippen LogP contribution in [0.3, 0.4) is 0 Å². The Morgan fingerprint density at radius 2 is 2.23 bits per heavy atom. The third-order valence-electron chi connectivity index (χ3n) is 4.21. The summed E-state index contributed by atoms with van der Waals surface area (Å²) in [7, 11) is 3.65. The maximum atomic E-state index is 12.3. The average Bonchev–Trinajstić information content (AvgIpc) is 3.32. The van der Waals surface area contributed by atoms with E-state index in [4.69, 9.17) is 4.52 Å². The van der Waals surface area contributed by atoms with Crippen molar-refractivity contribution in [2.24, 2.45) is 7.05 Å². The number of nitrogens with one attached hydrogen (secondary N) is 1. The molecule has 0 aromatic carbocycles. The van der Waals surface area contributed by atoms with E-state index < -0.39 is 0 Å². The number of amides is 2. The van der Waals surface area contributed by atoms with E-state index in [1.165, 1.54) is 4.88 Å². The third kappa shape index (κ3) is 4.10. The molecule has 0 unspecified atom stereocenters. The van der Waals surface area contributed by atoms with Crippen LogP contribution in [0.2, 0.25) is 0 Å². The second-order valence-corrected chi connectivity index (χ2v) is 7.18. The highest BCUT2D eigenvalue weighted by Crippen LogP contribution is 2.14. The van der Waals surface area contributed by atoms with Gasteiger partial charge < -0.3 is 14.7 Å². The molecule has 0 fully saturated rings. The summed E-state index contributed by atoms with van der Waals surface area (Å²) in [6, 6.07) is 3.81. The van der Waals surface area contributed by atoms with E-state index in [0.717, 1.165) is 17.0 Å². The van der Waals surface area contributed by atoms with E-state index in [0.29, 0.717) is 24.7 Å². The fraction of sp³-hybridized carbons (Fsp3) is 0.412. The summed E-state index contributed by atoms with van der Waals surface area (Å²) in [5.41, 5.74) is 3.04. The van der Waals surface area contributed by atoms with Crippen molar-refractivity contribution in [3.8, 4) is 0 Å². The van der Waals surface area contributed by atoms with Gasteiger partial charge in [0.05, 0.1) is 18.8 Å². The highest BCUT2D eigenvalue weighted by atomic mass is 32.1. The summed E-state index contributed by atoms with van der Waals surface area (Å²) < 4.78 is 7.02. The van der Waals surface area contributed by atoms with Crippen molar-refractivity contribution < 1.29 is 9.32 Å². The number of hydrogen-bond donors (Lipinski definition) is 1. The van der Waals surface area contributed by atoms with Gasteiger partial charge in [0.2, 0.25) is 5.89 Å². The van der Waals surface area contributed by atoms with Crippen LogP contribution < -0.4 is 5.32 Å². The zero-order valence-corrected chi connectivity index (χ0v) is 16.1. The van der Waals surface area contributed by atoms with Gasteiger partial charge in [0.25, 0.3) is 0 Å². The molecule has 2 amide bonds. The van der Waals surface area contributed by atoms with Gasteiger partial charge in [0.15, 0.2) is 5.82 Å². The molecule has 0 bridgehead atoms.